The van der Waals surface area contributed by atoms with E-state index >= 15 is 0 Å². The molecule has 0 radical (unpaired) electrons. The highest BCUT2D eigenvalue weighted by Gasteiger charge is 2.12. The van der Waals surface area contributed by atoms with Crippen LogP contribution in [-0.4, -0.2) is 5.91 Å². The van der Waals surface area contributed by atoms with Crippen LogP contribution in [0.4, 0.5) is 5.69 Å². The molecular formula is C13H11Br2NOS. The molecule has 0 spiro atoms. The van der Waals surface area contributed by atoms with E-state index in [9.17, 15) is 4.79 Å². The molecule has 2 rings (SSSR count). The molecule has 0 aliphatic carbocycles. The second kappa shape index (κ2) is 5.55. The third kappa shape index (κ3) is 2.84. The van der Waals surface area contributed by atoms with Crippen molar-refractivity contribution in [2.24, 2.45) is 0 Å². The van der Waals surface area contributed by atoms with Crippen LogP contribution in [0.15, 0.2) is 32.5 Å². The number of carbonyl (C=O) groups excluding carboxylic acids is 1. The Bertz CT molecular complexity index is 588. The van der Waals surface area contributed by atoms with Gasteiger partial charge in [0.25, 0.3) is 5.91 Å². The highest BCUT2D eigenvalue weighted by molar-refractivity contribution is 9.11. The number of amides is 1. The van der Waals surface area contributed by atoms with E-state index in [1.54, 1.807) is 0 Å². The smallest absolute Gasteiger partial charge is 0.265 e. The number of benzene rings is 1. The lowest BCUT2D eigenvalue weighted by atomic mass is 10.2. The maximum Gasteiger partial charge on any atom is 0.265 e. The molecule has 0 saturated carbocycles. The second-order valence-electron chi connectivity index (χ2n) is 3.93. The quantitative estimate of drug-likeness (QED) is 0.757. The Hall–Kier alpha value is -0.650. The number of thiophene rings is 1. The molecule has 0 aliphatic heterocycles. The van der Waals surface area contributed by atoms with E-state index in [4.69, 9.17) is 0 Å². The Balaban J connectivity index is 2.24. The van der Waals surface area contributed by atoms with Crippen LogP contribution in [0.1, 0.15) is 20.8 Å². The summed E-state index contributed by atoms with van der Waals surface area (Å²) in [5.41, 5.74) is 2.94. The van der Waals surface area contributed by atoms with E-state index in [1.807, 2.05) is 38.1 Å². The van der Waals surface area contributed by atoms with E-state index in [-0.39, 0.29) is 5.91 Å². The molecule has 1 aromatic carbocycles. The summed E-state index contributed by atoms with van der Waals surface area (Å²) in [5, 5.41) is 2.93. The molecule has 0 unspecified atom stereocenters. The van der Waals surface area contributed by atoms with Gasteiger partial charge in [-0.15, -0.1) is 11.3 Å². The topological polar surface area (TPSA) is 29.1 Å². The number of hydrogen-bond donors (Lipinski definition) is 1. The van der Waals surface area contributed by atoms with E-state index in [2.05, 4.69) is 37.2 Å². The summed E-state index contributed by atoms with van der Waals surface area (Å²) < 4.78 is 1.99. The van der Waals surface area contributed by atoms with Gasteiger partial charge in [0.1, 0.15) is 0 Å². The van der Waals surface area contributed by atoms with Crippen molar-refractivity contribution in [2.75, 3.05) is 5.32 Å². The van der Waals surface area contributed by atoms with Gasteiger partial charge in [-0.05, 0) is 59.1 Å². The third-order valence-electron chi connectivity index (χ3n) is 2.60. The summed E-state index contributed by atoms with van der Waals surface area (Å²) in [6.45, 7) is 3.94. The molecule has 5 heteroatoms. The van der Waals surface area contributed by atoms with Crippen LogP contribution in [0, 0.1) is 13.8 Å². The molecule has 94 valence electrons. The predicted octanol–water partition coefficient (Wildman–Crippen LogP) is 5.14. The summed E-state index contributed by atoms with van der Waals surface area (Å²) in [6.07, 6.45) is 0. The van der Waals surface area contributed by atoms with Gasteiger partial charge in [-0.25, -0.2) is 0 Å². The van der Waals surface area contributed by atoms with Crippen molar-refractivity contribution >= 4 is 54.8 Å². The van der Waals surface area contributed by atoms with Crippen molar-refractivity contribution in [3.8, 4) is 0 Å². The fraction of sp³-hybridized carbons (Fsp3) is 0.154. The Labute approximate surface area is 127 Å². The standard InChI is InChI=1S/C13H11Br2NOS/c1-7-6-11(18-12(7)15)13(17)16-10-5-3-4-9(14)8(10)2/h3-6H,1-2H3,(H,16,17). The molecule has 2 nitrogen and oxygen atoms in total. The van der Waals surface area contributed by atoms with E-state index < -0.39 is 0 Å². The molecule has 1 N–H and O–H groups in total. The van der Waals surface area contributed by atoms with Crippen LogP contribution >= 0.6 is 43.2 Å². The molecule has 18 heavy (non-hydrogen) atoms. The summed E-state index contributed by atoms with van der Waals surface area (Å²) in [7, 11) is 0. The summed E-state index contributed by atoms with van der Waals surface area (Å²) in [6, 6.07) is 7.64. The summed E-state index contributed by atoms with van der Waals surface area (Å²) in [5.74, 6) is -0.0741. The first-order valence-electron chi connectivity index (χ1n) is 5.31. The van der Waals surface area contributed by atoms with Crippen molar-refractivity contribution in [3.05, 3.63) is 48.5 Å². The highest BCUT2D eigenvalue weighted by Crippen LogP contribution is 2.29. The average Bonchev–Trinajstić information content (AvgIpc) is 2.66. The van der Waals surface area contributed by atoms with Crippen LogP contribution in [0.25, 0.3) is 0 Å². The number of halogens is 2. The van der Waals surface area contributed by atoms with Gasteiger partial charge in [0.15, 0.2) is 0 Å². The SMILES string of the molecule is Cc1cc(C(=O)Nc2cccc(Br)c2C)sc1Br. The maximum atomic E-state index is 12.1. The fourth-order valence-electron chi connectivity index (χ4n) is 1.50. The van der Waals surface area contributed by atoms with Crippen LogP contribution in [0.2, 0.25) is 0 Å². The first-order valence-corrected chi connectivity index (χ1v) is 7.71. The van der Waals surface area contributed by atoms with Gasteiger partial charge in [-0.3, -0.25) is 4.79 Å². The first-order chi connectivity index (χ1) is 8.49. The van der Waals surface area contributed by atoms with Crippen LogP contribution < -0.4 is 5.32 Å². The van der Waals surface area contributed by atoms with Gasteiger partial charge in [0.05, 0.1) is 8.66 Å². The van der Waals surface area contributed by atoms with Crippen molar-refractivity contribution < 1.29 is 4.79 Å². The van der Waals surface area contributed by atoms with E-state index in [1.165, 1.54) is 11.3 Å². The first kappa shape index (κ1) is 13.8. The molecule has 1 aromatic heterocycles. The molecular weight excluding hydrogens is 378 g/mol. The molecule has 1 heterocycles. The van der Waals surface area contributed by atoms with Gasteiger partial charge in [0.2, 0.25) is 0 Å². The lowest BCUT2D eigenvalue weighted by molar-refractivity contribution is 0.103. The molecule has 0 saturated heterocycles. The van der Waals surface area contributed by atoms with E-state index in [0.717, 1.165) is 25.1 Å². The van der Waals surface area contributed by atoms with Gasteiger partial charge >= 0.3 is 0 Å². The maximum absolute atomic E-state index is 12.1. The Morgan fingerprint density at radius 2 is 2.00 bits per heavy atom. The number of hydrogen-bond acceptors (Lipinski definition) is 2. The number of rotatable bonds is 2. The van der Waals surface area contributed by atoms with Crippen LogP contribution in [0.5, 0.6) is 0 Å². The molecule has 0 bridgehead atoms. The van der Waals surface area contributed by atoms with Gasteiger partial charge in [-0.2, -0.15) is 0 Å². The zero-order valence-corrected chi connectivity index (χ0v) is 13.9. The average molecular weight is 389 g/mol. The minimum absolute atomic E-state index is 0.0741. The van der Waals surface area contributed by atoms with Gasteiger partial charge in [0, 0.05) is 10.2 Å². The van der Waals surface area contributed by atoms with Crippen molar-refractivity contribution in [1.82, 2.24) is 0 Å². The molecule has 0 atom stereocenters. The predicted molar refractivity (Wildman–Crippen MR) is 83.6 cm³/mol. The normalized spacial score (nSPS) is 10.4. The van der Waals surface area contributed by atoms with Gasteiger partial charge in [-0.1, -0.05) is 22.0 Å². The highest BCUT2D eigenvalue weighted by atomic mass is 79.9. The lowest BCUT2D eigenvalue weighted by Crippen LogP contribution is -2.11. The lowest BCUT2D eigenvalue weighted by Gasteiger charge is -2.08. The number of nitrogens with one attached hydrogen (secondary N) is 1. The van der Waals surface area contributed by atoms with Crippen LogP contribution in [-0.2, 0) is 0 Å². The van der Waals surface area contributed by atoms with Crippen molar-refractivity contribution in [3.63, 3.8) is 0 Å². The zero-order valence-electron chi connectivity index (χ0n) is 9.88. The third-order valence-corrected chi connectivity index (χ3v) is 5.59. The molecule has 0 aliphatic rings. The molecule has 0 fully saturated rings. The van der Waals surface area contributed by atoms with E-state index in [0.29, 0.717) is 4.88 Å². The Kier molecular flexibility index (Phi) is 4.25. The fourth-order valence-corrected chi connectivity index (χ4v) is 3.29. The minimum atomic E-state index is -0.0741. The summed E-state index contributed by atoms with van der Waals surface area (Å²) >= 11 is 8.32. The Morgan fingerprint density at radius 3 is 2.61 bits per heavy atom. The second-order valence-corrected chi connectivity index (χ2v) is 7.16. The van der Waals surface area contributed by atoms with Crippen molar-refractivity contribution in [1.29, 1.82) is 0 Å². The molecule has 2 aromatic rings. The van der Waals surface area contributed by atoms with Crippen LogP contribution in [0.3, 0.4) is 0 Å². The summed E-state index contributed by atoms with van der Waals surface area (Å²) in [4.78, 5) is 12.8. The largest absolute Gasteiger partial charge is 0.321 e. The molecule has 1 amide bonds. The zero-order chi connectivity index (χ0) is 13.3. The Morgan fingerprint density at radius 1 is 1.28 bits per heavy atom. The van der Waals surface area contributed by atoms with Crippen molar-refractivity contribution in [2.45, 2.75) is 13.8 Å². The van der Waals surface area contributed by atoms with Gasteiger partial charge < -0.3 is 5.32 Å². The number of aryl methyl sites for hydroxylation is 1. The number of carbonyl (C=O) groups is 1. The number of anilines is 1. The monoisotopic (exact) mass is 387 g/mol. The minimum Gasteiger partial charge on any atom is -0.321 e.